The van der Waals surface area contributed by atoms with Gasteiger partial charge in [0, 0.05) is 25.0 Å². The van der Waals surface area contributed by atoms with Crippen molar-refractivity contribution < 1.29 is 13.6 Å². The normalized spacial score (nSPS) is 10.2. The van der Waals surface area contributed by atoms with E-state index in [-0.39, 0.29) is 16.3 Å². The predicted molar refractivity (Wildman–Crippen MR) is 73.1 cm³/mol. The van der Waals surface area contributed by atoms with Gasteiger partial charge in [0.05, 0.1) is 10.6 Å². The van der Waals surface area contributed by atoms with Crippen LogP contribution in [-0.4, -0.2) is 17.9 Å². The quantitative estimate of drug-likeness (QED) is 0.914. The van der Waals surface area contributed by atoms with Crippen molar-refractivity contribution in [2.75, 3.05) is 17.7 Å². The summed E-state index contributed by atoms with van der Waals surface area (Å²) < 4.78 is 25.8. The lowest BCUT2D eigenvalue weighted by Gasteiger charge is -2.07. The topological polar surface area (TPSA) is 54.0 Å². The maximum atomic E-state index is 13.0. The van der Waals surface area contributed by atoms with E-state index in [0.717, 1.165) is 12.1 Å². The zero-order valence-corrected chi connectivity index (χ0v) is 11.1. The highest BCUT2D eigenvalue weighted by Crippen LogP contribution is 2.20. The molecule has 1 aromatic heterocycles. The van der Waals surface area contributed by atoms with E-state index in [4.69, 9.17) is 11.6 Å². The van der Waals surface area contributed by atoms with Crippen molar-refractivity contribution in [3.63, 3.8) is 0 Å². The van der Waals surface area contributed by atoms with Crippen LogP contribution < -0.4 is 10.6 Å². The van der Waals surface area contributed by atoms with Gasteiger partial charge >= 0.3 is 0 Å². The van der Waals surface area contributed by atoms with Crippen molar-refractivity contribution in [2.45, 2.75) is 0 Å². The van der Waals surface area contributed by atoms with Crippen LogP contribution in [0.15, 0.2) is 30.5 Å². The second-order valence-corrected chi connectivity index (χ2v) is 4.29. The molecule has 1 aromatic carbocycles. The summed E-state index contributed by atoms with van der Waals surface area (Å²) in [5.74, 6) is -2.10. The van der Waals surface area contributed by atoms with Crippen molar-refractivity contribution in [3.8, 4) is 0 Å². The zero-order chi connectivity index (χ0) is 14.7. The van der Waals surface area contributed by atoms with Gasteiger partial charge in [-0.05, 0) is 18.2 Å². The summed E-state index contributed by atoms with van der Waals surface area (Å²) in [7, 11) is 1.65. The number of carbonyl (C=O) groups is 1. The maximum Gasteiger partial charge on any atom is 0.257 e. The number of halogens is 3. The number of amides is 1. The van der Waals surface area contributed by atoms with E-state index in [1.54, 1.807) is 7.05 Å². The summed E-state index contributed by atoms with van der Waals surface area (Å²) in [5.41, 5.74) is 0.349. The number of hydrogen-bond donors (Lipinski definition) is 2. The zero-order valence-electron chi connectivity index (χ0n) is 10.4. The van der Waals surface area contributed by atoms with E-state index in [1.807, 2.05) is 0 Å². The van der Waals surface area contributed by atoms with Gasteiger partial charge in [0.1, 0.15) is 5.82 Å². The number of hydrogen-bond acceptors (Lipinski definition) is 3. The van der Waals surface area contributed by atoms with Gasteiger partial charge in [-0.25, -0.2) is 13.8 Å². The number of rotatable bonds is 3. The summed E-state index contributed by atoms with van der Waals surface area (Å²) in [6.07, 6.45) is 1.33. The van der Waals surface area contributed by atoms with Gasteiger partial charge < -0.3 is 10.6 Å². The Labute approximate surface area is 118 Å². The van der Waals surface area contributed by atoms with Gasteiger partial charge in [-0.2, -0.15) is 0 Å². The van der Waals surface area contributed by atoms with Gasteiger partial charge in [-0.15, -0.1) is 0 Å². The molecule has 0 bridgehead atoms. The second kappa shape index (κ2) is 5.83. The molecule has 0 aliphatic carbocycles. The van der Waals surface area contributed by atoms with Crippen LogP contribution in [0, 0.1) is 11.6 Å². The average Bonchev–Trinajstić information content (AvgIpc) is 2.42. The molecule has 0 aliphatic heterocycles. The largest absolute Gasteiger partial charge is 0.372 e. The fourth-order valence-electron chi connectivity index (χ4n) is 1.52. The van der Waals surface area contributed by atoms with Crippen LogP contribution in [-0.2, 0) is 0 Å². The van der Waals surface area contributed by atoms with Crippen LogP contribution in [0.25, 0.3) is 0 Å². The van der Waals surface area contributed by atoms with Crippen molar-refractivity contribution in [1.82, 2.24) is 4.98 Å². The molecule has 0 unspecified atom stereocenters. The second-order valence-electron chi connectivity index (χ2n) is 3.89. The molecule has 104 valence electrons. The van der Waals surface area contributed by atoms with Crippen molar-refractivity contribution in [3.05, 3.63) is 52.7 Å². The first-order valence-electron chi connectivity index (χ1n) is 5.61. The van der Waals surface area contributed by atoms with E-state index in [0.29, 0.717) is 5.82 Å². The molecular formula is C13H10ClF2N3O. The lowest BCUT2D eigenvalue weighted by molar-refractivity contribution is 0.102. The summed E-state index contributed by atoms with van der Waals surface area (Å²) >= 11 is 5.91. The van der Waals surface area contributed by atoms with E-state index in [1.165, 1.54) is 18.3 Å². The van der Waals surface area contributed by atoms with Crippen molar-refractivity contribution in [2.24, 2.45) is 0 Å². The lowest BCUT2D eigenvalue weighted by atomic mass is 10.2. The Morgan fingerprint density at radius 1 is 1.25 bits per heavy atom. The number of aromatic nitrogens is 1. The predicted octanol–water partition coefficient (Wildman–Crippen LogP) is 3.31. The van der Waals surface area contributed by atoms with E-state index >= 15 is 0 Å². The number of nitrogens with one attached hydrogen (secondary N) is 2. The van der Waals surface area contributed by atoms with Crippen molar-refractivity contribution >= 4 is 29.0 Å². The molecular weight excluding hydrogens is 288 g/mol. The van der Waals surface area contributed by atoms with Gasteiger partial charge in [0.2, 0.25) is 0 Å². The minimum atomic E-state index is -1.04. The molecule has 0 fully saturated rings. The number of carbonyl (C=O) groups excluding carboxylic acids is 1. The molecule has 2 N–H and O–H groups in total. The minimum absolute atomic E-state index is 0.141. The van der Waals surface area contributed by atoms with Crippen LogP contribution in [0.4, 0.5) is 20.3 Å². The molecule has 7 heteroatoms. The molecule has 0 saturated heterocycles. The average molecular weight is 298 g/mol. The third kappa shape index (κ3) is 3.03. The highest BCUT2D eigenvalue weighted by atomic mass is 35.5. The SMILES string of the molecule is CNc1ncc(C(=O)Nc2ccc(F)c(F)c2)cc1Cl. The Hall–Kier alpha value is -2.21. The summed E-state index contributed by atoms with van der Waals surface area (Å²) in [6, 6.07) is 4.51. The first-order valence-corrected chi connectivity index (χ1v) is 5.98. The Morgan fingerprint density at radius 2 is 2.00 bits per heavy atom. The lowest BCUT2D eigenvalue weighted by Crippen LogP contribution is -2.13. The monoisotopic (exact) mass is 297 g/mol. The molecule has 0 spiro atoms. The standard InChI is InChI=1S/C13H10ClF2N3O/c1-17-12-9(14)4-7(6-18-12)13(20)19-8-2-3-10(15)11(16)5-8/h2-6H,1H3,(H,17,18)(H,19,20). The van der Waals surface area contributed by atoms with Gasteiger partial charge in [0.15, 0.2) is 11.6 Å². The highest BCUT2D eigenvalue weighted by Gasteiger charge is 2.11. The molecule has 0 aliphatic rings. The van der Waals surface area contributed by atoms with E-state index in [2.05, 4.69) is 15.6 Å². The summed E-state index contributed by atoms with van der Waals surface area (Å²) in [4.78, 5) is 15.9. The summed E-state index contributed by atoms with van der Waals surface area (Å²) in [6.45, 7) is 0. The fraction of sp³-hybridized carbons (Fsp3) is 0.0769. The van der Waals surface area contributed by atoms with Gasteiger partial charge in [-0.3, -0.25) is 4.79 Å². The Kier molecular flexibility index (Phi) is 4.14. The highest BCUT2D eigenvalue weighted by molar-refractivity contribution is 6.33. The third-order valence-corrected chi connectivity index (χ3v) is 2.81. The molecule has 0 radical (unpaired) electrons. The molecule has 1 heterocycles. The van der Waals surface area contributed by atoms with E-state index < -0.39 is 17.5 Å². The summed E-state index contributed by atoms with van der Waals surface area (Å²) in [5, 5.41) is 5.47. The molecule has 2 rings (SSSR count). The molecule has 1 amide bonds. The van der Waals surface area contributed by atoms with Crippen LogP contribution in [0.1, 0.15) is 10.4 Å². The number of nitrogens with zero attached hydrogens (tertiary/aromatic N) is 1. The van der Waals surface area contributed by atoms with Crippen LogP contribution >= 0.6 is 11.6 Å². The first-order chi connectivity index (χ1) is 9.51. The minimum Gasteiger partial charge on any atom is -0.372 e. The third-order valence-electron chi connectivity index (χ3n) is 2.52. The Morgan fingerprint density at radius 3 is 2.60 bits per heavy atom. The fourth-order valence-corrected chi connectivity index (χ4v) is 1.78. The number of anilines is 2. The van der Waals surface area contributed by atoms with Crippen LogP contribution in [0.3, 0.4) is 0 Å². The molecule has 0 saturated carbocycles. The van der Waals surface area contributed by atoms with Crippen LogP contribution in [0.2, 0.25) is 5.02 Å². The smallest absolute Gasteiger partial charge is 0.257 e. The number of benzene rings is 1. The van der Waals surface area contributed by atoms with Gasteiger partial charge in [-0.1, -0.05) is 11.6 Å². The molecule has 4 nitrogen and oxygen atoms in total. The van der Waals surface area contributed by atoms with Crippen LogP contribution in [0.5, 0.6) is 0 Å². The molecule has 2 aromatic rings. The molecule has 0 atom stereocenters. The van der Waals surface area contributed by atoms with Gasteiger partial charge in [0.25, 0.3) is 5.91 Å². The van der Waals surface area contributed by atoms with E-state index in [9.17, 15) is 13.6 Å². The number of pyridine rings is 1. The Balaban J connectivity index is 2.19. The van der Waals surface area contributed by atoms with Crippen molar-refractivity contribution in [1.29, 1.82) is 0 Å². The maximum absolute atomic E-state index is 13.0. The first kappa shape index (κ1) is 14.2. The Bertz CT molecular complexity index is 664. The molecule has 20 heavy (non-hydrogen) atoms.